The van der Waals surface area contributed by atoms with Crippen LogP contribution in [0, 0.1) is 5.82 Å². The van der Waals surface area contributed by atoms with Gasteiger partial charge in [-0.15, -0.1) is 0 Å². The molecule has 3 aromatic carbocycles. The molecule has 32 heavy (non-hydrogen) atoms. The molecule has 0 saturated carbocycles. The highest BCUT2D eigenvalue weighted by molar-refractivity contribution is 7.92. The van der Waals surface area contributed by atoms with Gasteiger partial charge in [-0.25, -0.2) is 12.8 Å². The molecule has 0 fully saturated rings. The second-order valence-electron chi connectivity index (χ2n) is 7.61. The van der Waals surface area contributed by atoms with Crippen LogP contribution in [0.5, 0.6) is 5.75 Å². The number of fused-ring (bicyclic) bond motifs is 1. The first kappa shape index (κ1) is 21.8. The van der Waals surface area contributed by atoms with E-state index in [9.17, 15) is 17.6 Å². The monoisotopic (exact) mass is 454 g/mol. The number of ether oxygens (including phenoxy) is 1. The van der Waals surface area contributed by atoms with Crippen LogP contribution in [0.25, 0.3) is 0 Å². The van der Waals surface area contributed by atoms with Gasteiger partial charge in [0.05, 0.1) is 17.7 Å². The second-order valence-corrected chi connectivity index (χ2v) is 9.48. The molecule has 0 aliphatic carbocycles. The van der Waals surface area contributed by atoms with Crippen molar-refractivity contribution in [1.29, 1.82) is 0 Å². The number of anilines is 1. The van der Waals surface area contributed by atoms with Crippen LogP contribution in [0.4, 0.5) is 10.1 Å². The topological polar surface area (TPSA) is 66.9 Å². The van der Waals surface area contributed by atoms with Crippen molar-refractivity contribution in [2.75, 3.05) is 25.0 Å². The predicted octanol–water partition coefficient (Wildman–Crippen LogP) is 3.86. The molecule has 8 heteroatoms. The average Bonchev–Trinajstić information content (AvgIpc) is 3.24. The van der Waals surface area contributed by atoms with Crippen LogP contribution in [0.1, 0.15) is 21.5 Å². The predicted molar refractivity (Wildman–Crippen MR) is 120 cm³/mol. The van der Waals surface area contributed by atoms with Crippen molar-refractivity contribution in [3.63, 3.8) is 0 Å². The van der Waals surface area contributed by atoms with E-state index in [0.717, 1.165) is 5.56 Å². The van der Waals surface area contributed by atoms with E-state index < -0.39 is 15.8 Å². The summed E-state index contributed by atoms with van der Waals surface area (Å²) in [5.41, 5.74) is 2.49. The number of carbonyl (C=O) groups is 1. The minimum absolute atomic E-state index is 0.0592. The third-order valence-electron chi connectivity index (χ3n) is 5.50. The van der Waals surface area contributed by atoms with Crippen molar-refractivity contribution in [2.24, 2.45) is 0 Å². The maximum atomic E-state index is 14.0. The van der Waals surface area contributed by atoms with E-state index in [2.05, 4.69) is 0 Å². The van der Waals surface area contributed by atoms with E-state index in [0.29, 0.717) is 24.2 Å². The molecule has 166 valence electrons. The summed E-state index contributed by atoms with van der Waals surface area (Å²) < 4.78 is 46.8. The fraction of sp³-hybridized carbons (Fsp3) is 0.208. The van der Waals surface area contributed by atoms with Gasteiger partial charge in [0, 0.05) is 25.7 Å². The summed E-state index contributed by atoms with van der Waals surface area (Å²) in [6, 6.07) is 17.9. The minimum atomic E-state index is -3.81. The molecule has 3 aromatic rings. The number of rotatable bonds is 6. The number of sulfonamides is 1. The van der Waals surface area contributed by atoms with E-state index >= 15 is 0 Å². The van der Waals surface area contributed by atoms with Gasteiger partial charge >= 0.3 is 0 Å². The second kappa shape index (κ2) is 8.63. The fourth-order valence-corrected chi connectivity index (χ4v) is 5.40. The number of hydrogen-bond donors (Lipinski definition) is 0. The zero-order valence-corrected chi connectivity index (χ0v) is 18.6. The summed E-state index contributed by atoms with van der Waals surface area (Å²) >= 11 is 0. The molecule has 0 atom stereocenters. The first-order chi connectivity index (χ1) is 15.3. The molecule has 1 amide bonds. The summed E-state index contributed by atoms with van der Waals surface area (Å²) in [6.45, 7) is 0.527. The largest absolute Gasteiger partial charge is 0.494 e. The van der Waals surface area contributed by atoms with Crippen LogP contribution < -0.4 is 9.04 Å². The summed E-state index contributed by atoms with van der Waals surface area (Å²) in [7, 11) is -0.837. The number of carbonyl (C=O) groups excluding carboxylic acids is 1. The number of halogens is 1. The standard InChI is InChI=1S/C24H23FN2O4S/c1-26(16-17-10-11-23(31-2)21(25)14-17)24(28)19-7-5-8-20(15-19)32(29,30)27-13-12-18-6-3-4-9-22(18)27/h3-11,14-15H,12-13,16H2,1-2H3. The fourth-order valence-electron chi connectivity index (χ4n) is 3.85. The SMILES string of the molecule is COc1ccc(CN(C)C(=O)c2cccc(S(=O)(=O)N3CCc4ccccc43)c2)cc1F. The lowest BCUT2D eigenvalue weighted by atomic mass is 10.1. The van der Waals surface area contributed by atoms with Gasteiger partial charge in [-0.1, -0.05) is 30.3 Å². The third kappa shape index (κ3) is 4.05. The van der Waals surface area contributed by atoms with Gasteiger partial charge in [0.25, 0.3) is 15.9 Å². The van der Waals surface area contributed by atoms with Crippen molar-refractivity contribution in [2.45, 2.75) is 17.9 Å². The Morgan fingerprint density at radius 1 is 1.09 bits per heavy atom. The number of hydrogen-bond acceptors (Lipinski definition) is 4. The summed E-state index contributed by atoms with van der Waals surface area (Å²) in [4.78, 5) is 14.4. The third-order valence-corrected chi connectivity index (χ3v) is 7.31. The van der Waals surface area contributed by atoms with Crippen molar-refractivity contribution < 1.29 is 22.3 Å². The van der Waals surface area contributed by atoms with Crippen molar-refractivity contribution in [3.8, 4) is 5.75 Å². The zero-order chi connectivity index (χ0) is 22.9. The van der Waals surface area contributed by atoms with Crippen LogP contribution >= 0.6 is 0 Å². The minimum Gasteiger partial charge on any atom is -0.494 e. The Hall–Kier alpha value is -3.39. The quantitative estimate of drug-likeness (QED) is 0.567. The van der Waals surface area contributed by atoms with Gasteiger partial charge in [0.1, 0.15) is 0 Å². The van der Waals surface area contributed by atoms with E-state index in [1.165, 1.54) is 40.6 Å². The normalized spacial score (nSPS) is 13.0. The molecule has 4 rings (SSSR count). The zero-order valence-electron chi connectivity index (χ0n) is 17.8. The molecular formula is C24H23FN2O4S. The number of nitrogens with zero attached hydrogens (tertiary/aromatic N) is 2. The number of para-hydroxylation sites is 1. The summed E-state index contributed by atoms with van der Waals surface area (Å²) in [6.07, 6.45) is 0.648. The molecule has 0 unspecified atom stereocenters. The molecule has 0 spiro atoms. The highest BCUT2D eigenvalue weighted by Crippen LogP contribution is 2.32. The molecule has 6 nitrogen and oxygen atoms in total. The molecular weight excluding hydrogens is 431 g/mol. The Morgan fingerprint density at radius 3 is 2.62 bits per heavy atom. The van der Waals surface area contributed by atoms with Gasteiger partial charge in [-0.3, -0.25) is 9.10 Å². The number of amides is 1. The first-order valence-electron chi connectivity index (χ1n) is 10.1. The molecule has 0 radical (unpaired) electrons. The maximum absolute atomic E-state index is 14.0. The first-order valence-corrected chi connectivity index (χ1v) is 11.5. The lowest BCUT2D eigenvalue weighted by Gasteiger charge is -2.21. The Balaban J connectivity index is 1.56. The summed E-state index contributed by atoms with van der Waals surface area (Å²) in [5, 5.41) is 0. The van der Waals surface area contributed by atoms with Crippen LogP contribution in [-0.4, -0.2) is 39.9 Å². The average molecular weight is 455 g/mol. The Bertz CT molecular complexity index is 1280. The van der Waals surface area contributed by atoms with Crippen LogP contribution in [-0.2, 0) is 23.0 Å². The summed E-state index contributed by atoms with van der Waals surface area (Å²) in [5.74, 6) is -0.742. The highest BCUT2D eigenvalue weighted by Gasteiger charge is 2.31. The molecule has 0 saturated heterocycles. The smallest absolute Gasteiger partial charge is 0.264 e. The van der Waals surface area contributed by atoms with Crippen molar-refractivity contribution >= 4 is 21.6 Å². The van der Waals surface area contributed by atoms with Crippen LogP contribution in [0.2, 0.25) is 0 Å². The van der Waals surface area contributed by atoms with Crippen LogP contribution in [0.3, 0.4) is 0 Å². The van der Waals surface area contributed by atoms with Crippen LogP contribution in [0.15, 0.2) is 71.6 Å². The van der Waals surface area contributed by atoms with Crippen molar-refractivity contribution in [3.05, 3.63) is 89.2 Å². The van der Waals surface area contributed by atoms with Gasteiger partial charge in [0.2, 0.25) is 0 Å². The Morgan fingerprint density at radius 2 is 1.88 bits per heavy atom. The highest BCUT2D eigenvalue weighted by atomic mass is 32.2. The van der Waals surface area contributed by atoms with Gasteiger partial charge in [-0.2, -0.15) is 0 Å². The molecule has 1 heterocycles. The van der Waals surface area contributed by atoms with E-state index in [4.69, 9.17) is 4.74 Å². The van der Waals surface area contributed by atoms with E-state index in [1.54, 1.807) is 31.3 Å². The molecule has 0 aromatic heterocycles. The van der Waals surface area contributed by atoms with Gasteiger partial charge < -0.3 is 9.64 Å². The lowest BCUT2D eigenvalue weighted by Crippen LogP contribution is -2.30. The molecule has 0 bridgehead atoms. The number of methoxy groups -OCH3 is 1. The van der Waals surface area contributed by atoms with E-state index in [-0.39, 0.29) is 28.7 Å². The van der Waals surface area contributed by atoms with Crippen molar-refractivity contribution in [1.82, 2.24) is 4.90 Å². The van der Waals surface area contributed by atoms with Gasteiger partial charge in [-0.05, 0) is 53.9 Å². The molecule has 1 aliphatic rings. The molecule has 1 aliphatic heterocycles. The van der Waals surface area contributed by atoms with E-state index in [1.807, 2.05) is 18.2 Å². The van der Waals surface area contributed by atoms with Gasteiger partial charge in [0.15, 0.2) is 11.6 Å². The molecule has 0 N–H and O–H groups in total. The lowest BCUT2D eigenvalue weighted by molar-refractivity contribution is 0.0784. The Labute approximate surface area is 186 Å². The number of benzene rings is 3. The maximum Gasteiger partial charge on any atom is 0.264 e. The Kier molecular flexibility index (Phi) is 5.88.